The lowest BCUT2D eigenvalue weighted by Crippen LogP contribution is -2.38. The Hall–Kier alpha value is -2.14. The lowest BCUT2D eigenvalue weighted by Gasteiger charge is -2.21. The van der Waals surface area contributed by atoms with Crippen LogP contribution in [0.1, 0.15) is 19.3 Å². The van der Waals surface area contributed by atoms with E-state index >= 15 is 0 Å². The van der Waals surface area contributed by atoms with Crippen LogP contribution in [-0.4, -0.2) is 59.5 Å². The second-order valence-corrected chi connectivity index (χ2v) is 6.83. The second kappa shape index (κ2) is 6.77. The number of nitrogens with one attached hydrogen (secondary N) is 1. The molecular weight excluding hydrogens is 300 g/mol. The van der Waals surface area contributed by atoms with E-state index in [1.165, 1.54) is 0 Å². The summed E-state index contributed by atoms with van der Waals surface area (Å²) >= 11 is 0. The maximum atomic E-state index is 12.3. The van der Waals surface area contributed by atoms with Gasteiger partial charge in [0.1, 0.15) is 0 Å². The van der Waals surface area contributed by atoms with Gasteiger partial charge in [-0.15, -0.1) is 0 Å². The summed E-state index contributed by atoms with van der Waals surface area (Å²) in [5.74, 6) is 0.292. The number of nitrogens with zero attached hydrogens (tertiary/aromatic N) is 3. The normalized spacial score (nSPS) is 21.5. The average molecular weight is 324 g/mol. The van der Waals surface area contributed by atoms with Gasteiger partial charge in [-0.05, 0) is 31.4 Å². The van der Waals surface area contributed by atoms with E-state index in [9.17, 15) is 4.79 Å². The molecule has 3 heterocycles. The van der Waals surface area contributed by atoms with Gasteiger partial charge < -0.3 is 10.2 Å². The van der Waals surface area contributed by atoms with Gasteiger partial charge in [0, 0.05) is 43.8 Å². The Kier molecular flexibility index (Phi) is 4.34. The van der Waals surface area contributed by atoms with Crippen LogP contribution in [0.25, 0.3) is 10.9 Å². The Morgan fingerprint density at radius 2 is 2.00 bits per heavy atom. The smallest absolute Gasteiger partial charge is 0.236 e. The van der Waals surface area contributed by atoms with Crippen molar-refractivity contribution in [1.82, 2.24) is 14.8 Å². The van der Waals surface area contributed by atoms with Gasteiger partial charge in [-0.25, -0.2) is 0 Å². The molecule has 126 valence electrons. The molecule has 0 bridgehead atoms. The van der Waals surface area contributed by atoms with E-state index in [1.807, 2.05) is 17.2 Å². The third kappa shape index (κ3) is 3.22. The van der Waals surface area contributed by atoms with Crippen LogP contribution >= 0.6 is 0 Å². The zero-order valence-corrected chi connectivity index (χ0v) is 13.9. The average Bonchev–Trinajstić information content (AvgIpc) is 3.27. The number of para-hydroxylation sites is 1. The number of likely N-dealkylation sites (tertiary alicyclic amines) is 2. The predicted molar refractivity (Wildman–Crippen MR) is 96.0 cm³/mol. The summed E-state index contributed by atoms with van der Waals surface area (Å²) in [6, 6.07) is 10.7. The number of fused-ring (bicyclic) bond motifs is 1. The number of benzene rings is 1. The van der Waals surface area contributed by atoms with Crippen molar-refractivity contribution in [3.8, 4) is 0 Å². The van der Waals surface area contributed by atoms with Crippen molar-refractivity contribution in [2.75, 3.05) is 38.0 Å². The minimum Gasteiger partial charge on any atom is -0.379 e. The Morgan fingerprint density at radius 1 is 1.17 bits per heavy atom. The van der Waals surface area contributed by atoms with E-state index in [0.29, 0.717) is 18.5 Å². The van der Waals surface area contributed by atoms with Crippen LogP contribution in [-0.2, 0) is 4.79 Å². The summed E-state index contributed by atoms with van der Waals surface area (Å²) in [4.78, 5) is 21.1. The fraction of sp³-hybridized carbons (Fsp3) is 0.474. The molecule has 0 saturated carbocycles. The van der Waals surface area contributed by atoms with Crippen molar-refractivity contribution in [2.45, 2.75) is 25.3 Å². The topological polar surface area (TPSA) is 48.5 Å². The molecule has 0 unspecified atom stereocenters. The first-order valence-electron chi connectivity index (χ1n) is 8.90. The number of hydrogen-bond acceptors (Lipinski definition) is 4. The van der Waals surface area contributed by atoms with Crippen LogP contribution in [0, 0.1) is 0 Å². The van der Waals surface area contributed by atoms with E-state index in [4.69, 9.17) is 0 Å². The molecule has 5 heteroatoms. The van der Waals surface area contributed by atoms with Crippen molar-refractivity contribution in [2.24, 2.45) is 0 Å². The van der Waals surface area contributed by atoms with E-state index in [2.05, 4.69) is 39.5 Å². The van der Waals surface area contributed by atoms with E-state index in [0.717, 1.165) is 62.0 Å². The monoisotopic (exact) mass is 324 g/mol. The molecule has 2 aliphatic heterocycles. The third-order valence-electron chi connectivity index (χ3n) is 5.08. The number of rotatable bonds is 4. The number of amides is 1. The van der Waals surface area contributed by atoms with Crippen molar-refractivity contribution in [1.29, 1.82) is 0 Å². The van der Waals surface area contributed by atoms with Gasteiger partial charge >= 0.3 is 0 Å². The van der Waals surface area contributed by atoms with Crippen LogP contribution < -0.4 is 5.32 Å². The van der Waals surface area contributed by atoms with Crippen LogP contribution in [0.3, 0.4) is 0 Å². The van der Waals surface area contributed by atoms with Crippen molar-refractivity contribution in [3.05, 3.63) is 36.5 Å². The molecule has 0 aliphatic carbocycles. The molecule has 1 aromatic carbocycles. The van der Waals surface area contributed by atoms with Crippen molar-refractivity contribution >= 4 is 22.5 Å². The molecule has 2 aromatic rings. The minimum absolute atomic E-state index is 0.292. The van der Waals surface area contributed by atoms with Crippen molar-refractivity contribution in [3.63, 3.8) is 0 Å². The summed E-state index contributed by atoms with van der Waals surface area (Å²) in [6.07, 6.45) is 5.22. The lowest BCUT2D eigenvalue weighted by atomic mass is 10.1. The standard InChI is InChI=1S/C19H24N4O/c24-18(23-10-1-2-11-23)14-22-12-8-16(13-22)21-17-7-3-5-15-6-4-9-20-19(15)17/h3-7,9,16,21H,1-2,8,10-14H2/t16-/m1/s1. The molecule has 1 aromatic heterocycles. The Balaban J connectivity index is 1.37. The second-order valence-electron chi connectivity index (χ2n) is 6.83. The van der Waals surface area contributed by atoms with Gasteiger partial charge in [0.15, 0.2) is 0 Å². The predicted octanol–water partition coefficient (Wildman–Crippen LogP) is 2.34. The molecule has 2 saturated heterocycles. The highest BCUT2D eigenvalue weighted by atomic mass is 16.2. The van der Waals surface area contributed by atoms with Gasteiger partial charge in [-0.1, -0.05) is 18.2 Å². The fourth-order valence-electron chi connectivity index (χ4n) is 3.79. The summed E-state index contributed by atoms with van der Waals surface area (Å²) in [5.41, 5.74) is 2.11. The largest absolute Gasteiger partial charge is 0.379 e. The summed E-state index contributed by atoms with van der Waals surface area (Å²) in [6.45, 7) is 4.34. The summed E-state index contributed by atoms with van der Waals surface area (Å²) < 4.78 is 0. The molecule has 24 heavy (non-hydrogen) atoms. The lowest BCUT2D eigenvalue weighted by molar-refractivity contribution is -0.131. The molecule has 0 radical (unpaired) electrons. The number of anilines is 1. The summed E-state index contributed by atoms with van der Waals surface area (Å²) in [7, 11) is 0. The molecular formula is C19H24N4O. The van der Waals surface area contributed by atoms with Gasteiger partial charge in [-0.2, -0.15) is 0 Å². The quantitative estimate of drug-likeness (QED) is 0.938. The van der Waals surface area contributed by atoms with E-state index in [1.54, 1.807) is 0 Å². The molecule has 1 N–H and O–H groups in total. The van der Waals surface area contributed by atoms with E-state index in [-0.39, 0.29) is 0 Å². The van der Waals surface area contributed by atoms with Crippen LogP contribution in [0.15, 0.2) is 36.5 Å². The zero-order chi connectivity index (χ0) is 16.4. The number of carbonyl (C=O) groups is 1. The molecule has 1 atom stereocenters. The molecule has 4 rings (SSSR count). The van der Waals surface area contributed by atoms with E-state index < -0.39 is 0 Å². The molecule has 0 spiro atoms. The van der Waals surface area contributed by atoms with Gasteiger partial charge in [0.05, 0.1) is 17.7 Å². The Labute approximate surface area is 142 Å². The van der Waals surface area contributed by atoms with Crippen molar-refractivity contribution < 1.29 is 4.79 Å². The highest BCUT2D eigenvalue weighted by Gasteiger charge is 2.27. The molecule has 5 nitrogen and oxygen atoms in total. The first-order valence-corrected chi connectivity index (χ1v) is 8.90. The SMILES string of the molecule is O=C(CN1CC[C@@H](Nc2cccc3cccnc23)C1)N1CCCC1. The number of carbonyl (C=O) groups excluding carboxylic acids is 1. The Morgan fingerprint density at radius 3 is 2.88 bits per heavy atom. The Bertz CT molecular complexity index is 721. The first-order chi connectivity index (χ1) is 11.8. The molecule has 2 fully saturated rings. The number of pyridine rings is 1. The fourth-order valence-corrected chi connectivity index (χ4v) is 3.79. The highest BCUT2D eigenvalue weighted by molar-refractivity contribution is 5.90. The molecule has 1 amide bonds. The van der Waals surface area contributed by atoms with Crippen LogP contribution in [0.5, 0.6) is 0 Å². The third-order valence-corrected chi connectivity index (χ3v) is 5.08. The van der Waals surface area contributed by atoms with Crippen LogP contribution in [0.2, 0.25) is 0 Å². The summed E-state index contributed by atoms with van der Waals surface area (Å²) in [5, 5.41) is 4.78. The van der Waals surface area contributed by atoms with Crippen LogP contribution in [0.4, 0.5) is 5.69 Å². The molecule has 2 aliphatic rings. The first kappa shape index (κ1) is 15.4. The maximum Gasteiger partial charge on any atom is 0.236 e. The highest BCUT2D eigenvalue weighted by Crippen LogP contribution is 2.23. The zero-order valence-electron chi connectivity index (χ0n) is 13.9. The van der Waals surface area contributed by atoms with Gasteiger partial charge in [0.2, 0.25) is 5.91 Å². The maximum absolute atomic E-state index is 12.3. The number of hydrogen-bond donors (Lipinski definition) is 1. The minimum atomic E-state index is 0.292. The number of aromatic nitrogens is 1. The van der Waals surface area contributed by atoms with Gasteiger partial charge in [-0.3, -0.25) is 14.7 Å². The van der Waals surface area contributed by atoms with Gasteiger partial charge in [0.25, 0.3) is 0 Å².